The average molecular weight is 264 g/mol. The maximum Gasteiger partial charge on any atom is 0.215 e. The fraction of sp³-hybridized carbons (Fsp3) is 1.00. The van der Waals surface area contributed by atoms with E-state index in [1.807, 2.05) is 0 Å². The smallest absolute Gasteiger partial charge is 0.215 e. The lowest BCUT2D eigenvalue weighted by Crippen LogP contribution is -2.37. The SMILES string of the molecule is CC(C)CCOCCNS(=O)(=O)C1CCNC1. The molecule has 0 saturated carbocycles. The van der Waals surface area contributed by atoms with Crippen LogP contribution in [-0.2, 0) is 14.8 Å². The van der Waals surface area contributed by atoms with Crippen molar-refractivity contribution in [1.29, 1.82) is 0 Å². The Morgan fingerprint density at radius 1 is 1.41 bits per heavy atom. The van der Waals surface area contributed by atoms with Crippen LogP contribution in [0.4, 0.5) is 0 Å². The molecule has 0 amide bonds. The summed E-state index contributed by atoms with van der Waals surface area (Å²) < 4.78 is 31.5. The summed E-state index contributed by atoms with van der Waals surface area (Å²) in [5.74, 6) is 0.622. The number of hydrogen-bond acceptors (Lipinski definition) is 4. The summed E-state index contributed by atoms with van der Waals surface area (Å²) in [7, 11) is -3.16. The van der Waals surface area contributed by atoms with Gasteiger partial charge < -0.3 is 10.1 Å². The largest absolute Gasteiger partial charge is 0.380 e. The molecule has 0 aromatic rings. The monoisotopic (exact) mass is 264 g/mol. The molecule has 1 aliphatic heterocycles. The molecule has 1 unspecified atom stereocenters. The Morgan fingerprint density at radius 2 is 2.18 bits per heavy atom. The van der Waals surface area contributed by atoms with Crippen molar-refractivity contribution in [2.24, 2.45) is 5.92 Å². The van der Waals surface area contributed by atoms with Crippen LogP contribution in [0.5, 0.6) is 0 Å². The zero-order chi connectivity index (χ0) is 12.7. The summed E-state index contributed by atoms with van der Waals surface area (Å²) in [4.78, 5) is 0. The van der Waals surface area contributed by atoms with Gasteiger partial charge in [0.2, 0.25) is 10.0 Å². The Bertz CT molecular complexity index is 298. The van der Waals surface area contributed by atoms with Gasteiger partial charge in [0.1, 0.15) is 0 Å². The maximum absolute atomic E-state index is 11.8. The molecule has 1 heterocycles. The minimum Gasteiger partial charge on any atom is -0.380 e. The Balaban J connectivity index is 2.09. The Morgan fingerprint density at radius 3 is 2.76 bits per heavy atom. The van der Waals surface area contributed by atoms with E-state index in [0.29, 0.717) is 38.6 Å². The molecule has 0 aromatic heterocycles. The lowest BCUT2D eigenvalue weighted by Gasteiger charge is -2.12. The van der Waals surface area contributed by atoms with Crippen molar-refractivity contribution >= 4 is 10.0 Å². The summed E-state index contributed by atoms with van der Waals surface area (Å²) in [6, 6.07) is 0. The molecule has 17 heavy (non-hydrogen) atoms. The van der Waals surface area contributed by atoms with Gasteiger partial charge in [0.05, 0.1) is 11.9 Å². The Kier molecular flexibility index (Phi) is 6.40. The van der Waals surface area contributed by atoms with Crippen LogP contribution in [0.1, 0.15) is 26.7 Å². The number of sulfonamides is 1. The van der Waals surface area contributed by atoms with Crippen LogP contribution >= 0.6 is 0 Å². The standard InChI is InChI=1S/C11H24N2O3S/c1-10(2)4-7-16-8-6-13-17(14,15)11-3-5-12-9-11/h10-13H,3-9H2,1-2H3. The van der Waals surface area contributed by atoms with Crippen molar-refractivity contribution in [3.05, 3.63) is 0 Å². The summed E-state index contributed by atoms with van der Waals surface area (Å²) in [5, 5.41) is 2.77. The van der Waals surface area contributed by atoms with Crippen molar-refractivity contribution < 1.29 is 13.2 Å². The van der Waals surface area contributed by atoms with E-state index < -0.39 is 10.0 Å². The van der Waals surface area contributed by atoms with Crippen LogP contribution in [-0.4, -0.2) is 46.5 Å². The predicted molar refractivity (Wildman–Crippen MR) is 68.5 cm³/mol. The molecule has 0 bridgehead atoms. The van der Waals surface area contributed by atoms with Crippen LogP contribution < -0.4 is 10.0 Å². The van der Waals surface area contributed by atoms with Gasteiger partial charge in [-0.1, -0.05) is 13.8 Å². The van der Waals surface area contributed by atoms with Crippen LogP contribution in [0, 0.1) is 5.92 Å². The van der Waals surface area contributed by atoms with Crippen LogP contribution in [0.25, 0.3) is 0 Å². The molecule has 1 rings (SSSR count). The van der Waals surface area contributed by atoms with Gasteiger partial charge in [0, 0.05) is 19.7 Å². The summed E-state index contributed by atoms with van der Waals surface area (Å²) in [5.41, 5.74) is 0. The molecule has 5 nitrogen and oxygen atoms in total. The van der Waals surface area contributed by atoms with E-state index in [0.717, 1.165) is 13.0 Å². The molecule has 6 heteroatoms. The van der Waals surface area contributed by atoms with E-state index in [9.17, 15) is 8.42 Å². The molecule has 0 aromatic carbocycles. The minimum absolute atomic E-state index is 0.279. The first-order valence-corrected chi connectivity index (χ1v) is 7.84. The molecule has 0 aliphatic carbocycles. The van der Waals surface area contributed by atoms with Crippen molar-refractivity contribution in [3.63, 3.8) is 0 Å². The highest BCUT2D eigenvalue weighted by Crippen LogP contribution is 2.07. The minimum atomic E-state index is -3.16. The van der Waals surface area contributed by atoms with Gasteiger partial charge in [-0.15, -0.1) is 0 Å². The van der Waals surface area contributed by atoms with Crippen molar-refractivity contribution in [3.8, 4) is 0 Å². The molecule has 1 saturated heterocycles. The molecule has 0 radical (unpaired) electrons. The summed E-state index contributed by atoms with van der Waals surface area (Å²) in [6.07, 6.45) is 1.71. The van der Waals surface area contributed by atoms with E-state index >= 15 is 0 Å². The number of nitrogens with one attached hydrogen (secondary N) is 2. The van der Waals surface area contributed by atoms with Gasteiger partial charge >= 0.3 is 0 Å². The van der Waals surface area contributed by atoms with Crippen LogP contribution in [0.2, 0.25) is 0 Å². The fourth-order valence-corrected chi connectivity index (χ4v) is 3.06. The van der Waals surface area contributed by atoms with E-state index in [-0.39, 0.29) is 5.25 Å². The van der Waals surface area contributed by atoms with E-state index in [2.05, 4.69) is 23.9 Å². The third-order valence-corrected chi connectivity index (χ3v) is 4.73. The third kappa shape index (κ3) is 5.81. The van der Waals surface area contributed by atoms with Gasteiger partial charge in [-0.25, -0.2) is 13.1 Å². The normalized spacial score (nSPS) is 21.2. The zero-order valence-electron chi connectivity index (χ0n) is 10.7. The highest BCUT2D eigenvalue weighted by molar-refractivity contribution is 7.90. The second kappa shape index (κ2) is 7.31. The molecule has 1 atom stereocenters. The second-order valence-electron chi connectivity index (χ2n) is 4.85. The lowest BCUT2D eigenvalue weighted by molar-refractivity contribution is 0.128. The Hall–Kier alpha value is -0.170. The lowest BCUT2D eigenvalue weighted by atomic mass is 10.1. The molecule has 1 aliphatic rings. The first kappa shape index (κ1) is 14.9. The van der Waals surface area contributed by atoms with Gasteiger partial charge in [-0.2, -0.15) is 0 Å². The van der Waals surface area contributed by atoms with Crippen LogP contribution in [0.3, 0.4) is 0 Å². The van der Waals surface area contributed by atoms with Gasteiger partial charge in [-0.05, 0) is 25.3 Å². The summed E-state index contributed by atoms with van der Waals surface area (Å²) >= 11 is 0. The highest BCUT2D eigenvalue weighted by atomic mass is 32.2. The Labute approximate surface area is 104 Å². The number of ether oxygens (including phenoxy) is 1. The first-order chi connectivity index (χ1) is 8.02. The van der Waals surface area contributed by atoms with Crippen molar-refractivity contribution in [2.75, 3.05) is 32.8 Å². The topological polar surface area (TPSA) is 67.4 Å². The van der Waals surface area contributed by atoms with E-state index in [1.165, 1.54) is 0 Å². The zero-order valence-corrected chi connectivity index (χ0v) is 11.6. The summed E-state index contributed by atoms with van der Waals surface area (Å²) in [6.45, 7) is 7.14. The molecule has 1 fully saturated rings. The number of rotatable bonds is 8. The van der Waals surface area contributed by atoms with Gasteiger partial charge in [0.15, 0.2) is 0 Å². The molecule has 2 N–H and O–H groups in total. The van der Waals surface area contributed by atoms with Gasteiger partial charge in [0.25, 0.3) is 0 Å². The second-order valence-corrected chi connectivity index (χ2v) is 6.89. The third-order valence-electron chi connectivity index (χ3n) is 2.84. The van der Waals surface area contributed by atoms with Crippen molar-refractivity contribution in [2.45, 2.75) is 31.9 Å². The van der Waals surface area contributed by atoms with Crippen LogP contribution in [0.15, 0.2) is 0 Å². The molecule has 0 spiro atoms. The maximum atomic E-state index is 11.8. The van der Waals surface area contributed by atoms with E-state index in [1.54, 1.807) is 0 Å². The fourth-order valence-electron chi connectivity index (χ4n) is 1.69. The van der Waals surface area contributed by atoms with E-state index in [4.69, 9.17) is 4.74 Å². The quantitative estimate of drug-likeness (QED) is 0.620. The van der Waals surface area contributed by atoms with Gasteiger partial charge in [-0.3, -0.25) is 0 Å². The number of hydrogen-bond donors (Lipinski definition) is 2. The predicted octanol–water partition coefficient (Wildman–Crippen LogP) is 0.330. The highest BCUT2D eigenvalue weighted by Gasteiger charge is 2.27. The average Bonchev–Trinajstić information content (AvgIpc) is 2.76. The molecule has 102 valence electrons. The molecular formula is C11H24N2O3S. The molecular weight excluding hydrogens is 240 g/mol. The first-order valence-electron chi connectivity index (χ1n) is 6.29. The van der Waals surface area contributed by atoms with Crippen molar-refractivity contribution in [1.82, 2.24) is 10.0 Å².